The molecule has 7 heteroatoms. The lowest BCUT2D eigenvalue weighted by molar-refractivity contribution is -0.127. The first-order chi connectivity index (χ1) is 14.3. The number of nitrogens with one attached hydrogen (secondary N) is 2. The first kappa shape index (κ1) is 20.0. The molecule has 1 aromatic heterocycles. The Morgan fingerprint density at radius 3 is 2.72 bits per heavy atom. The fourth-order valence-electron chi connectivity index (χ4n) is 4.62. The molecule has 156 valence electrons. The van der Waals surface area contributed by atoms with Crippen molar-refractivity contribution in [3.63, 3.8) is 0 Å². The molecule has 1 atom stereocenters. The summed E-state index contributed by atoms with van der Waals surface area (Å²) in [7, 11) is 0. The van der Waals surface area contributed by atoms with E-state index in [1.165, 1.54) is 24.7 Å². The average molecular weight is 397 g/mol. The highest BCUT2D eigenvalue weighted by Crippen LogP contribution is 2.24. The molecule has 0 spiro atoms. The van der Waals surface area contributed by atoms with E-state index in [0.29, 0.717) is 18.4 Å². The van der Waals surface area contributed by atoms with Crippen molar-refractivity contribution in [1.29, 1.82) is 0 Å². The zero-order chi connectivity index (χ0) is 19.9. The summed E-state index contributed by atoms with van der Waals surface area (Å²) in [6, 6.07) is 11.4. The molecule has 2 N–H and O–H groups in total. The minimum atomic E-state index is 0.0859. The van der Waals surface area contributed by atoms with Crippen molar-refractivity contribution in [2.24, 2.45) is 5.92 Å². The van der Waals surface area contributed by atoms with Crippen LogP contribution in [-0.2, 0) is 17.8 Å². The summed E-state index contributed by atoms with van der Waals surface area (Å²) in [4.78, 5) is 21.8. The SMILES string of the molecule is O=C(NCc1ncn[nH]1)[C@H]1CCCN(C2CCN(CCc3ccccc3)CC2)C1. The smallest absolute Gasteiger partial charge is 0.224 e. The Balaban J connectivity index is 1.19. The number of H-pyrrole nitrogens is 1. The third kappa shape index (κ3) is 5.64. The summed E-state index contributed by atoms with van der Waals surface area (Å²) in [6.45, 7) is 5.91. The molecule has 2 aliphatic rings. The second kappa shape index (κ2) is 9.98. The topological polar surface area (TPSA) is 77.1 Å². The molecule has 0 saturated carbocycles. The Labute approximate surface area is 172 Å². The number of likely N-dealkylation sites (tertiary alicyclic amines) is 2. The van der Waals surface area contributed by atoms with E-state index in [0.717, 1.165) is 52.0 Å². The van der Waals surface area contributed by atoms with Gasteiger partial charge in [0.15, 0.2) is 0 Å². The van der Waals surface area contributed by atoms with Gasteiger partial charge in [-0.2, -0.15) is 5.10 Å². The maximum absolute atomic E-state index is 12.6. The van der Waals surface area contributed by atoms with Gasteiger partial charge in [-0.05, 0) is 57.3 Å². The number of piperidine rings is 2. The van der Waals surface area contributed by atoms with E-state index in [-0.39, 0.29) is 11.8 Å². The van der Waals surface area contributed by atoms with Crippen LogP contribution in [0.1, 0.15) is 37.1 Å². The van der Waals surface area contributed by atoms with E-state index in [1.807, 2.05) is 0 Å². The highest BCUT2D eigenvalue weighted by atomic mass is 16.1. The normalized spacial score (nSPS) is 21.9. The monoisotopic (exact) mass is 396 g/mol. The molecule has 2 fully saturated rings. The maximum Gasteiger partial charge on any atom is 0.224 e. The second-order valence-corrected chi connectivity index (χ2v) is 8.29. The molecule has 3 heterocycles. The molecule has 7 nitrogen and oxygen atoms in total. The molecule has 1 amide bonds. The highest BCUT2D eigenvalue weighted by molar-refractivity contribution is 5.78. The highest BCUT2D eigenvalue weighted by Gasteiger charge is 2.31. The van der Waals surface area contributed by atoms with Crippen molar-refractivity contribution in [3.8, 4) is 0 Å². The largest absolute Gasteiger partial charge is 0.349 e. The van der Waals surface area contributed by atoms with Crippen molar-refractivity contribution < 1.29 is 4.79 Å². The standard InChI is InChI=1S/C22H32N6O/c29-22(23-15-21-24-17-25-26-21)19-7-4-11-28(16-19)20-9-13-27(14-10-20)12-8-18-5-2-1-3-6-18/h1-3,5-6,17,19-20H,4,7-16H2,(H,23,29)(H,24,25,26)/t19-/m0/s1. The molecule has 0 bridgehead atoms. The molecule has 2 aliphatic heterocycles. The number of aromatic amines is 1. The number of carbonyl (C=O) groups is 1. The van der Waals surface area contributed by atoms with Crippen LogP contribution in [-0.4, -0.2) is 69.7 Å². The summed E-state index contributed by atoms with van der Waals surface area (Å²) in [5.74, 6) is 0.933. The van der Waals surface area contributed by atoms with Crippen LogP contribution in [0.5, 0.6) is 0 Å². The van der Waals surface area contributed by atoms with Gasteiger partial charge in [-0.15, -0.1) is 0 Å². The number of amides is 1. The average Bonchev–Trinajstić information content (AvgIpc) is 3.31. The fourth-order valence-corrected chi connectivity index (χ4v) is 4.62. The third-order valence-electron chi connectivity index (χ3n) is 6.35. The number of hydrogen-bond acceptors (Lipinski definition) is 5. The van der Waals surface area contributed by atoms with Crippen LogP contribution >= 0.6 is 0 Å². The summed E-state index contributed by atoms with van der Waals surface area (Å²) in [5, 5.41) is 9.62. The van der Waals surface area contributed by atoms with E-state index in [1.54, 1.807) is 0 Å². The minimum absolute atomic E-state index is 0.0859. The van der Waals surface area contributed by atoms with E-state index < -0.39 is 0 Å². The van der Waals surface area contributed by atoms with Gasteiger partial charge in [0.25, 0.3) is 0 Å². The quantitative estimate of drug-likeness (QED) is 0.747. The number of carbonyl (C=O) groups excluding carboxylic acids is 1. The molecule has 0 unspecified atom stereocenters. The Kier molecular flexibility index (Phi) is 6.90. The lowest BCUT2D eigenvalue weighted by atomic mass is 9.93. The zero-order valence-corrected chi connectivity index (χ0v) is 17.1. The number of nitrogens with zero attached hydrogens (tertiary/aromatic N) is 4. The second-order valence-electron chi connectivity index (χ2n) is 8.29. The number of benzene rings is 1. The zero-order valence-electron chi connectivity index (χ0n) is 17.1. The molecule has 0 aliphatic carbocycles. The van der Waals surface area contributed by atoms with Gasteiger partial charge in [-0.1, -0.05) is 30.3 Å². The third-order valence-corrected chi connectivity index (χ3v) is 6.35. The molecular formula is C22H32N6O. The van der Waals surface area contributed by atoms with Gasteiger partial charge in [0, 0.05) is 19.1 Å². The van der Waals surface area contributed by atoms with Gasteiger partial charge in [0.05, 0.1) is 12.5 Å². The summed E-state index contributed by atoms with van der Waals surface area (Å²) in [6.07, 6.45) is 7.10. The Bertz CT molecular complexity index is 742. The van der Waals surface area contributed by atoms with Crippen LogP contribution in [0.3, 0.4) is 0 Å². The first-order valence-electron chi connectivity index (χ1n) is 10.9. The lowest BCUT2D eigenvalue weighted by Crippen LogP contribution is -2.50. The van der Waals surface area contributed by atoms with E-state index in [9.17, 15) is 4.79 Å². The molecule has 1 aromatic carbocycles. The molecule has 0 radical (unpaired) electrons. The number of rotatable bonds is 7. The van der Waals surface area contributed by atoms with Crippen LogP contribution in [0.15, 0.2) is 36.7 Å². The van der Waals surface area contributed by atoms with Crippen molar-refractivity contribution in [3.05, 3.63) is 48.0 Å². The fraction of sp³-hybridized carbons (Fsp3) is 0.591. The number of aromatic nitrogens is 3. The molecule has 4 rings (SSSR count). The summed E-state index contributed by atoms with van der Waals surface area (Å²) in [5.41, 5.74) is 1.42. The first-order valence-corrected chi connectivity index (χ1v) is 10.9. The van der Waals surface area contributed by atoms with Crippen LogP contribution in [0.4, 0.5) is 0 Å². The van der Waals surface area contributed by atoms with Crippen LogP contribution < -0.4 is 5.32 Å². The lowest BCUT2D eigenvalue weighted by Gasteiger charge is -2.42. The molecule has 29 heavy (non-hydrogen) atoms. The summed E-state index contributed by atoms with van der Waals surface area (Å²) >= 11 is 0. The predicted octanol–water partition coefficient (Wildman–Crippen LogP) is 1.84. The van der Waals surface area contributed by atoms with Crippen LogP contribution in [0.25, 0.3) is 0 Å². The van der Waals surface area contributed by atoms with Crippen LogP contribution in [0, 0.1) is 5.92 Å². The number of hydrogen-bond donors (Lipinski definition) is 2. The van der Waals surface area contributed by atoms with Crippen molar-refractivity contribution in [1.82, 2.24) is 30.3 Å². The predicted molar refractivity (Wildman–Crippen MR) is 112 cm³/mol. The Morgan fingerprint density at radius 2 is 1.97 bits per heavy atom. The van der Waals surface area contributed by atoms with E-state index in [2.05, 4.69) is 60.6 Å². The van der Waals surface area contributed by atoms with Crippen LogP contribution in [0.2, 0.25) is 0 Å². The van der Waals surface area contributed by atoms with Gasteiger partial charge in [-0.25, -0.2) is 4.98 Å². The van der Waals surface area contributed by atoms with Crippen molar-refractivity contribution in [2.45, 2.75) is 44.7 Å². The van der Waals surface area contributed by atoms with Gasteiger partial charge in [0.1, 0.15) is 12.2 Å². The molecule has 2 aromatic rings. The van der Waals surface area contributed by atoms with Gasteiger partial charge < -0.3 is 10.2 Å². The molecule has 2 saturated heterocycles. The summed E-state index contributed by atoms with van der Waals surface area (Å²) < 4.78 is 0. The van der Waals surface area contributed by atoms with Gasteiger partial charge >= 0.3 is 0 Å². The van der Waals surface area contributed by atoms with E-state index in [4.69, 9.17) is 0 Å². The van der Waals surface area contributed by atoms with Crippen molar-refractivity contribution >= 4 is 5.91 Å². The van der Waals surface area contributed by atoms with Gasteiger partial charge in [0.2, 0.25) is 5.91 Å². The minimum Gasteiger partial charge on any atom is -0.349 e. The Morgan fingerprint density at radius 1 is 1.14 bits per heavy atom. The Hall–Kier alpha value is -2.25. The maximum atomic E-state index is 12.6. The van der Waals surface area contributed by atoms with E-state index >= 15 is 0 Å². The van der Waals surface area contributed by atoms with Gasteiger partial charge in [-0.3, -0.25) is 14.8 Å². The molecular weight excluding hydrogens is 364 g/mol. The van der Waals surface area contributed by atoms with Crippen molar-refractivity contribution in [2.75, 3.05) is 32.7 Å².